The normalized spacial score (nSPS) is 19.0. The summed E-state index contributed by atoms with van der Waals surface area (Å²) in [6, 6.07) is 6.99. The number of hydrogen-bond donors (Lipinski definition) is 2. The number of aliphatic hydroxyl groups is 1. The number of carbonyl (C=O) groups excluding carboxylic acids is 2. The second-order valence-electron chi connectivity index (χ2n) is 5.13. The Morgan fingerprint density at radius 2 is 2.25 bits per heavy atom. The summed E-state index contributed by atoms with van der Waals surface area (Å²) >= 11 is 0. The molecule has 0 spiro atoms. The molecule has 1 saturated heterocycles. The van der Waals surface area contributed by atoms with Crippen LogP contribution in [0.15, 0.2) is 24.3 Å². The van der Waals surface area contributed by atoms with Crippen molar-refractivity contribution < 1.29 is 14.7 Å². The maximum absolute atomic E-state index is 12.0. The third kappa shape index (κ3) is 3.65. The second kappa shape index (κ2) is 6.63. The molecule has 2 rings (SSSR count). The zero-order chi connectivity index (χ0) is 14.5. The number of anilines is 1. The van der Waals surface area contributed by atoms with Gasteiger partial charge in [-0.1, -0.05) is 12.1 Å². The van der Waals surface area contributed by atoms with E-state index in [1.165, 1.54) is 6.92 Å². The number of benzene rings is 1. The molecule has 1 aromatic carbocycles. The van der Waals surface area contributed by atoms with Gasteiger partial charge in [-0.2, -0.15) is 0 Å². The molecule has 1 atom stereocenters. The largest absolute Gasteiger partial charge is 0.395 e. The molecule has 1 fully saturated rings. The predicted molar refractivity (Wildman–Crippen MR) is 76.8 cm³/mol. The summed E-state index contributed by atoms with van der Waals surface area (Å²) in [5, 5.41) is 12.0. The predicted octanol–water partition coefficient (Wildman–Crippen LogP) is 1.28. The van der Waals surface area contributed by atoms with Gasteiger partial charge in [-0.05, 0) is 38.4 Å². The zero-order valence-electron chi connectivity index (χ0n) is 11.6. The number of carbonyl (C=O) groups is 2. The third-order valence-electron chi connectivity index (χ3n) is 3.61. The van der Waals surface area contributed by atoms with Crippen LogP contribution in [0.5, 0.6) is 0 Å². The minimum Gasteiger partial charge on any atom is -0.395 e. The molecule has 5 nitrogen and oxygen atoms in total. The Morgan fingerprint density at radius 1 is 1.45 bits per heavy atom. The lowest BCUT2D eigenvalue weighted by atomic mass is 10.1. The van der Waals surface area contributed by atoms with Crippen LogP contribution in [0.2, 0.25) is 0 Å². The summed E-state index contributed by atoms with van der Waals surface area (Å²) in [4.78, 5) is 25.3. The molecule has 5 heteroatoms. The van der Waals surface area contributed by atoms with Crippen LogP contribution in [0.25, 0.3) is 0 Å². The van der Waals surface area contributed by atoms with E-state index < -0.39 is 0 Å². The van der Waals surface area contributed by atoms with Gasteiger partial charge in [0, 0.05) is 17.3 Å². The van der Waals surface area contributed by atoms with E-state index in [-0.39, 0.29) is 30.9 Å². The van der Waals surface area contributed by atoms with Gasteiger partial charge in [-0.15, -0.1) is 0 Å². The number of rotatable bonds is 5. The fraction of sp³-hybridized carbons (Fsp3) is 0.467. The van der Waals surface area contributed by atoms with E-state index >= 15 is 0 Å². The summed E-state index contributed by atoms with van der Waals surface area (Å²) in [7, 11) is 0. The van der Waals surface area contributed by atoms with Gasteiger partial charge in [0.25, 0.3) is 0 Å². The summed E-state index contributed by atoms with van der Waals surface area (Å²) < 4.78 is 0. The highest BCUT2D eigenvalue weighted by molar-refractivity contribution is 5.97. The number of nitrogens with one attached hydrogen (secondary N) is 1. The van der Waals surface area contributed by atoms with Crippen LogP contribution in [0.4, 0.5) is 5.69 Å². The van der Waals surface area contributed by atoms with Gasteiger partial charge in [-0.3, -0.25) is 14.5 Å². The van der Waals surface area contributed by atoms with Gasteiger partial charge < -0.3 is 10.4 Å². The molecule has 1 aromatic rings. The van der Waals surface area contributed by atoms with Crippen molar-refractivity contribution >= 4 is 17.4 Å². The van der Waals surface area contributed by atoms with Crippen LogP contribution in [0, 0.1) is 0 Å². The number of Topliss-reactive ketones (excluding diaryl/α,β-unsaturated/α-hetero) is 1. The first kappa shape index (κ1) is 14.7. The van der Waals surface area contributed by atoms with Gasteiger partial charge in [-0.25, -0.2) is 0 Å². The molecule has 1 aliphatic heterocycles. The molecule has 2 N–H and O–H groups in total. The van der Waals surface area contributed by atoms with Crippen molar-refractivity contribution in [3.05, 3.63) is 29.8 Å². The van der Waals surface area contributed by atoms with Gasteiger partial charge in [0.2, 0.25) is 5.91 Å². The lowest BCUT2D eigenvalue weighted by Gasteiger charge is -2.21. The van der Waals surface area contributed by atoms with E-state index in [1.54, 1.807) is 24.3 Å². The van der Waals surface area contributed by atoms with E-state index in [0.717, 1.165) is 19.4 Å². The lowest BCUT2D eigenvalue weighted by molar-refractivity contribution is -0.117. The number of ketones is 1. The Morgan fingerprint density at radius 3 is 2.95 bits per heavy atom. The second-order valence-corrected chi connectivity index (χ2v) is 5.13. The molecule has 1 heterocycles. The van der Waals surface area contributed by atoms with Crippen molar-refractivity contribution in [3.63, 3.8) is 0 Å². The molecule has 0 unspecified atom stereocenters. The van der Waals surface area contributed by atoms with E-state index in [9.17, 15) is 14.7 Å². The molecule has 108 valence electrons. The standard InChI is InChI=1S/C15H20N2O3/c1-11(19)12-4-2-5-13(8-12)16-15(20)9-17-7-3-6-14(17)10-18/h2,4-5,8,14,18H,3,6-7,9-10H2,1H3,(H,16,20)/t14-/m0/s1. The average molecular weight is 276 g/mol. The van der Waals surface area contributed by atoms with Crippen LogP contribution in [0.3, 0.4) is 0 Å². The van der Waals surface area contributed by atoms with E-state index in [0.29, 0.717) is 11.3 Å². The number of aliphatic hydroxyl groups excluding tert-OH is 1. The molecular weight excluding hydrogens is 256 g/mol. The van der Waals surface area contributed by atoms with Gasteiger partial charge in [0.05, 0.1) is 13.2 Å². The quantitative estimate of drug-likeness (QED) is 0.795. The van der Waals surface area contributed by atoms with Crippen molar-refractivity contribution in [3.8, 4) is 0 Å². The van der Waals surface area contributed by atoms with Crippen LogP contribution >= 0.6 is 0 Å². The Hall–Kier alpha value is -1.72. The summed E-state index contributed by atoms with van der Waals surface area (Å²) in [5.74, 6) is -0.146. The van der Waals surface area contributed by atoms with Crippen molar-refractivity contribution in [1.82, 2.24) is 4.90 Å². The van der Waals surface area contributed by atoms with E-state index in [1.807, 2.05) is 4.90 Å². The Labute approximate surface area is 118 Å². The Bertz CT molecular complexity index is 502. The summed E-state index contributed by atoms with van der Waals surface area (Å²) in [5.41, 5.74) is 1.21. The molecule has 20 heavy (non-hydrogen) atoms. The number of hydrogen-bond acceptors (Lipinski definition) is 4. The zero-order valence-corrected chi connectivity index (χ0v) is 11.6. The topological polar surface area (TPSA) is 69.6 Å². The highest BCUT2D eigenvalue weighted by Crippen LogP contribution is 2.17. The molecule has 0 saturated carbocycles. The van der Waals surface area contributed by atoms with Crippen LogP contribution < -0.4 is 5.32 Å². The molecule has 0 aromatic heterocycles. The van der Waals surface area contributed by atoms with Gasteiger partial charge >= 0.3 is 0 Å². The van der Waals surface area contributed by atoms with Crippen molar-refractivity contribution in [2.75, 3.05) is 25.0 Å². The maximum Gasteiger partial charge on any atom is 0.238 e. The Kier molecular flexibility index (Phi) is 4.87. The minimum atomic E-state index is -0.119. The number of amides is 1. The molecule has 0 bridgehead atoms. The summed E-state index contributed by atoms with van der Waals surface area (Å²) in [6.07, 6.45) is 1.95. The number of likely N-dealkylation sites (tertiary alicyclic amines) is 1. The van der Waals surface area contributed by atoms with Crippen LogP contribution in [-0.2, 0) is 4.79 Å². The first-order valence-corrected chi connectivity index (χ1v) is 6.86. The van der Waals surface area contributed by atoms with E-state index in [2.05, 4.69) is 5.32 Å². The molecular formula is C15H20N2O3. The average Bonchev–Trinajstić information content (AvgIpc) is 2.86. The number of nitrogens with zero attached hydrogens (tertiary/aromatic N) is 1. The third-order valence-corrected chi connectivity index (χ3v) is 3.61. The highest BCUT2D eigenvalue weighted by Gasteiger charge is 2.25. The molecule has 1 amide bonds. The van der Waals surface area contributed by atoms with E-state index in [4.69, 9.17) is 0 Å². The minimum absolute atomic E-state index is 0.0269. The fourth-order valence-electron chi connectivity index (χ4n) is 2.51. The maximum atomic E-state index is 12.0. The van der Waals surface area contributed by atoms with Gasteiger partial charge in [0.15, 0.2) is 5.78 Å². The van der Waals surface area contributed by atoms with Crippen LogP contribution in [0.1, 0.15) is 30.1 Å². The first-order valence-electron chi connectivity index (χ1n) is 6.86. The van der Waals surface area contributed by atoms with Crippen molar-refractivity contribution in [1.29, 1.82) is 0 Å². The van der Waals surface area contributed by atoms with Crippen molar-refractivity contribution in [2.24, 2.45) is 0 Å². The Balaban J connectivity index is 1.94. The first-order chi connectivity index (χ1) is 9.60. The molecule has 0 radical (unpaired) electrons. The fourth-order valence-corrected chi connectivity index (χ4v) is 2.51. The highest BCUT2D eigenvalue weighted by atomic mass is 16.3. The monoisotopic (exact) mass is 276 g/mol. The molecule has 1 aliphatic rings. The SMILES string of the molecule is CC(=O)c1cccc(NC(=O)CN2CCC[C@H]2CO)c1. The smallest absolute Gasteiger partial charge is 0.238 e. The van der Waals surface area contributed by atoms with Gasteiger partial charge in [0.1, 0.15) is 0 Å². The van der Waals surface area contributed by atoms with Crippen molar-refractivity contribution in [2.45, 2.75) is 25.8 Å². The lowest BCUT2D eigenvalue weighted by Crippen LogP contribution is -2.38. The van der Waals surface area contributed by atoms with Crippen LogP contribution in [-0.4, -0.2) is 47.4 Å². The molecule has 0 aliphatic carbocycles. The summed E-state index contributed by atoms with van der Waals surface area (Å²) in [6.45, 7) is 2.70.